The van der Waals surface area contributed by atoms with E-state index in [0.717, 1.165) is 16.8 Å². The Bertz CT molecular complexity index is 1220. The summed E-state index contributed by atoms with van der Waals surface area (Å²) in [7, 11) is 0. The van der Waals surface area contributed by atoms with Crippen molar-refractivity contribution in [1.82, 2.24) is 14.8 Å². The number of rotatable bonds is 7. The van der Waals surface area contributed by atoms with E-state index in [1.165, 1.54) is 11.3 Å². The molecule has 4 aromatic rings. The van der Waals surface area contributed by atoms with Crippen molar-refractivity contribution in [3.8, 4) is 16.9 Å². The number of aromatic nitrogens is 3. The van der Waals surface area contributed by atoms with Crippen LogP contribution < -0.4 is 11.1 Å². The lowest BCUT2D eigenvalue weighted by Crippen LogP contribution is -2.15. The minimum absolute atomic E-state index is 0.0386. The Morgan fingerprint density at radius 3 is 2.52 bits per heavy atom. The fraction of sp³-hybridized carbons (Fsp3) is 0.0909. The first-order valence-electron chi connectivity index (χ1n) is 9.40. The Labute approximate surface area is 187 Å². The van der Waals surface area contributed by atoms with Crippen LogP contribution >= 0.6 is 22.9 Å². The van der Waals surface area contributed by atoms with Crippen LogP contribution in [0.4, 0.5) is 5.13 Å². The van der Waals surface area contributed by atoms with E-state index in [2.05, 4.69) is 10.3 Å². The molecule has 0 atom stereocenters. The number of halogens is 1. The third kappa shape index (κ3) is 5.17. The second-order valence-corrected chi connectivity index (χ2v) is 8.10. The normalized spacial score (nSPS) is 10.7. The number of benzene rings is 2. The Morgan fingerprint density at radius 1 is 1.06 bits per heavy atom. The van der Waals surface area contributed by atoms with Gasteiger partial charge in [-0.15, -0.1) is 11.3 Å². The SMILES string of the molecule is NC(=O)Cc1csc(NC(=O)Cc2cn(-c3ccccc3)nc2-c2ccc(Cl)cc2)n1. The van der Waals surface area contributed by atoms with E-state index in [4.69, 9.17) is 22.4 Å². The Kier molecular flexibility index (Phi) is 6.11. The quantitative estimate of drug-likeness (QED) is 0.445. The van der Waals surface area contributed by atoms with Crippen LogP contribution in [-0.2, 0) is 22.4 Å². The predicted molar refractivity (Wildman–Crippen MR) is 121 cm³/mol. The van der Waals surface area contributed by atoms with Crippen LogP contribution in [0.2, 0.25) is 5.02 Å². The van der Waals surface area contributed by atoms with Crippen molar-refractivity contribution < 1.29 is 9.59 Å². The van der Waals surface area contributed by atoms with Crippen molar-refractivity contribution in [2.24, 2.45) is 5.73 Å². The molecule has 0 aliphatic rings. The summed E-state index contributed by atoms with van der Waals surface area (Å²) in [6.07, 6.45) is 1.99. The molecule has 2 aromatic carbocycles. The molecule has 0 fully saturated rings. The molecule has 0 spiro atoms. The van der Waals surface area contributed by atoms with Gasteiger partial charge in [-0.2, -0.15) is 5.10 Å². The van der Waals surface area contributed by atoms with E-state index in [1.54, 1.807) is 22.2 Å². The Morgan fingerprint density at radius 2 is 1.81 bits per heavy atom. The number of amides is 2. The number of carbonyl (C=O) groups excluding carboxylic acids is 2. The van der Waals surface area contributed by atoms with Gasteiger partial charge in [-0.05, 0) is 24.3 Å². The maximum Gasteiger partial charge on any atom is 0.230 e. The van der Waals surface area contributed by atoms with Gasteiger partial charge in [-0.1, -0.05) is 41.9 Å². The summed E-state index contributed by atoms with van der Waals surface area (Å²) in [6.45, 7) is 0. The summed E-state index contributed by atoms with van der Waals surface area (Å²) in [6, 6.07) is 17.0. The van der Waals surface area contributed by atoms with Crippen LogP contribution in [0.15, 0.2) is 66.2 Å². The third-order valence-electron chi connectivity index (χ3n) is 4.43. The van der Waals surface area contributed by atoms with Crippen LogP contribution in [-0.4, -0.2) is 26.6 Å². The lowest BCUT2D eigenvalue weighted by atomic mass is 10.1. The summed E-state index contributed by atoms with van der Waals surface area (Å²) in [5, 5.41) is 10.2. The molecule has 0 radical (unpaired) electrons. The number of carbonyl (C=O) groups is 2. The largest absolute Gasteiger partial charge is 0.369 e. The van der Waals surface area contributed by atoms with Crippen molar-refractivity contribution in [3.05, 3.63) is 82.5 Å². The lowest BCUT2D eigenvalue weighted by Gasteiger charge is -2.03. The minimum Gasteiger partial charge on any atom is -0.369 e. The molecule has 0 saturated heterocycles. The number of primary amides is 1. The molecule has 31 heavy (non-hydrogen) atoms. The maximum absolute atomic E-state index is 12.7. The average molecular weight is 452 g/mol. The zero-order valence-electron chi connectivity index (χ0n) is 16.3. The van der Waals surface area contributed by atoms with Gasteiger partial charge in [0, 0.05) is 27.7 Å². The van der Waals surface area contributed by atoms with Crippen LogP contribution in [0, 0.1) is 0 Å². The molecule has 0 bridgehead atoms. The van der Waals surface area contributed by atoms with Gasteiger partial charge >= 0.3 is 0 Å². The van der Waals surface area contributed by atoms with Gasteiger partial charge in [0.2, 0.25) is 11.8 Å². The first-order valence-corrected chi connectivity index (χ1v) is 10.7. The number of para-hydroxylation sites is 1. The highest BCUT2D eigenvalue weighted by atomic mass is 35.5. The molecule has 0 saturated carbocycles. The van der Waals surface area contributed by atoms with Gasteiger partial charge in [0.1, 0.15) is 0 Å². The van der Waals surface area contributed by atoms with E-state index in [-0.39, 0.29) is 18.7 Å². The zero-order chi connectivity index (χ0) is 21.8. The highest BCUT2D eigenvalue weighted by molar-refractivity contribution is 7.13. The number of hydrogen-bond donors (Lipinski definition) is 2. The van der Waals surface area contributed by atoms with Gasteiger partial charge in [0.25, 0.3) is 0 Å². The van der Waals surface area contributed by atoms with E-state index >= 15 is 0 Å². The maximum atomic E-state index is 12.7. The van der Waals surface area contributed by atoms with Gasteiger partial charge in [-0.25, -0.2) is 9.67 Å². The second-order valence-electron chi connectivity index (χ2n) is 6.80. The van der Waals surface area contributed by atoms with E-state index < -0.39 is 5.91 Å². The fourth-order valence-electron chi connectivity index (χ4n) is 3.06. The topological polar surface area (TPSA) is 103 Å². The zero-order valence-corrected chi connectivity index (χ0v) is 17.9. The number of nitrogens with two attached hydrogens (primary N) is 1. The Balaban J connectivity index is 1.59. The van der Waals surface area contributed by atoms with Crippen LogP contribution in [0.3, 0.4) is 0 Å². The molecule has 0 aliphatic carbocycles. The third-order valence-corrected chi connectivity index (χ3v) is 5.49. The second kappa shape index (κ2) is 9.11. The lowest BCUT2D eigenvalue weighted by molar-refractivity contribution is -0.117. The standard InChI is InChI=1S/C22H18ClN5O2S/c23-16-8-6-14(7-9-16)21-15(12-28(27-21)18-4-2-1-3-5-18)10-20(30)26-22-25-17(13-31-22)11-19(24)29/h1-9,12-13H,10-11H2,(H2,24,29)(H,25,26,30). The molecule has 7 nitrogen and oxygen atoms in total. The van der Waals surface area contributed by atoms with Gasteiger partial charge in [-0.3, -0.25) is 9.59 Å². The molecule has 3 N–H and O–H groups in total. The van der Waals surface area contributed by atoms with E-state index in [0.29, 0.717) is 21.5 Å². The minimum atomic E-state index is -0.468. The number of nitrogens with one attached hydrogen (secondary N) is 1. The molecule has 2 aromatic heterocycles. The van der Waals surface area contributed by atoms with Gasteiger partial charge in [0.15, 0.2) is 5.13 Å². The number of thiazole rings is 1. The van der Waals surface area contributed by atoms with Crippen LogP contribution in [0.1, 0.15) is 11.3 Å². The highest BCUT2D eigenvalue weighted by Crippen LogP contribution is 2.26. The predicted octanol–water partition coefficient (Wildman–Crippen LogP) is 3.86. The van der Waals surface area contributed by atoms with Crippen molar-refractivity contribution in [2.75, 3.05) is 5.32 Å². The summed E-state index contributed by atoms with van der Waals surface area (Å²) in [4.78, 5) is 28.0. The first kappa shape index (κ1) is 20.8. The van der Waals surface area contributed by atoms with E-state index in [1.807, 2.05) is 48.7 Å². The van der Waals surface area contributed by atoms with E-state index in [9.17, 15) is 9.59 Å². The number of nitrogens with zero attached hydrogens (tertiary/aromatic N) is 3. The summed E-state index contributed by atoms with van der Waals surface area (Å²) in [5.74, 6) is -0.702. The first-order chi connectivity index (χ1) is 15.0. The molecule has 2 amide bonds. The van der Waals surface area contributed by atoms with Crippen molar-refractivity contribution >= 4 is 39.9 Å². The molecule has 0 aliphatic heterocycles. The molecular formula is C22H18ClN5O2S. The fourth-order valence-corrected chi connectivity index (χ4v) is 3.92. The number of anilines is 1. The van der Waals surface area contributed by atoms with Crippen molar-refractivity contribution in [1.29, 1.82) is 0 Å². The molecular weight excluding hydrogens is 434 g/mol. The highest BCUT2D eigenvalue weighted by Gasteiger charge is 2.17. The summed E-state index contributed by atoms with van der Waals surface area (Å²) in [5.41, 5.74) is 8.93. The molecule has 4 rings (SSSR count). The molecule has 9 heteroatoms. The molecule has 2 heterocycles. The molecule has 156 valence electrons. The van der Waals surface area contributed by atoms with Gasteiger partial charge in [0.05, 0.1) is 29.9 Å². The Hall–Kier alpha value is -3.49. The van der Waals surface area contributed by atoms with Gasteiger partial charge < -0.3 is 11.1 Å². The van der Waals surface area contributed by atoms with Crippen molar-refractivity contribution in [2.45, 2.75) is 12.8 Å². The number of hydrogen-bond acceptors (Lipinski definition) is 5. The monoisotopic (exact) mass is 451 g/mol. The average Bonchev–Trinajstić information content (AvgIpc) is 3.36. The van der Waals surface area contributed by atoms with Crippen LogP contribution in [0.25, 0.3) is 16.9 Å². The molecule has 0 unspecified atom stereocenters. The summed E-state index contributed by atoms with van der Waals surface area (Å²) < 4.78 is 1.75. The summed E-state index contributed by atoms with van der Waals surface area (Å²) >= 11 is 7.27. The smallest absolute Gasteiger partial charge is 0.230 e. The van der Waals surface area contributed by atoms with Crippen molar-refractivity contribution in [3.63, 3.8) is 0 Å². The van der Waals surface area contributed by atoms with Crippen LogP contribution in [0.5, 0.6) is 0 Å².